The fraction of sp³-hybridized carbons (Fsp3) is 0.122. The van der Waals surface area contributed by atoms with Crippen molar-refractivity contribution in [3.8, 4) is 0 Å². The number of carbonyl (C=O) groups excluding carboxylic acids is 2. The van der Waals surface area contributed by atoms with Crippen molar-refractivity contribution in [2.45, 2.75) is 31.6 Å². The number of nitrogens with one attached hydrogen (secondary N) is 2. The SMILES string of the molecule is Cc1nc(NC(=O)C(Cc2ccccc2)c2ccccc2)ccc1Br.Cl.Cl.O=C(Nc1ccc(Br)cn1)C(Cc1ccccc1)c1ccccc1. The highest BCUT2D eigenvalue weighted by molar-refractivity contribution is 9.10. The summed E-state index contributed by atoms with van der Waals surface area (Å²) in [7, 11) is 0. The fourth-order valence-corrected chi connectivity index (χ4v) is 5.74. The van der Waals surface area contributed by atoms with Gasteiger partial charge in [-0.3, -0.25) is 9.59 Å². The van der Waals surface area contributed by atoms with E-state index in [-0.39, 0.29) is 48.5 Å². The summed E-state index contributed by atoms with van der Waals surface area (Å²) >= 11 is 6.78. The standard InChI is InChI=1S/C21H19BrN2O.C20H17BrN2O.2ClH/c1-15-19(22)12-13-20(23-15)24-21(25)18(17-10-6-3-7-11-17)14-16-8-4-2-5-9-16;21-17-11-12-19(22-14-17)23-20(24)18(16-9-5-2-6-10-16)13-15-7-3-1-4-8-15;;/h2-13,18H,14H2,1H3,(H,23,24,25);1-12,14,18H,13H2,(H,22,23,24);2*1H. The summed E-state index contributed by atoms with van der Waals surface area (Å²) in [6.07, 6.45) is 2.96. The molecule has 2 heterocycles. The Kier molecular flexibility index (Phi) is 17.0. The number of benzene rings is 4. The molecular weight excluding hydrogens is 811 g/mol. The lowest BCUT2D eigenvalue weighted by Gasteiger charge is -2.17. The molecule has 0 saturated heterocycles. The number of pyridine rings is 2. The quantitative estimate of drug-likeness (QED) is 0.144. The predicted octanol–water partition coefficient (Wildman–Crippen LogP) is 10.8. The van der Waals surface area contributed by atoms with E-state index in [2.05, 4.69) is 52.5 Å². The molecule has 0 fully saturated rings. The Hall–Kier alpha value is -4.34. The summed E-state index contributed by atoms with van der Waals surface area (Å²) in [5.74, 6) is 0.481. The predicted molar refractivity (Wildman–Crippen MR) is 219 cm³/mol. The van der Waals surface area contributed by atoms with Gasteiger partial charge in [-0.2, -0.15) is 0 Å². The summed E-state index contributed by atoms with van der Waals surface area (Å²) < 4.78 is 1.80. The van der Waals surface area contributed by atoms with Crippen LogP contribution < -0.4 is 10.6 Å². The van der Waals surface area contributed by atoms with E-state index < -0.39 is 0 Å². The van der Waals surface area contributed by atoms with E-state index in [1.165, 1.54) is 0 Å². The summed E-state index contributed by atoms with van der Waals surface area (Å²) in [6.45, 7) is 1.90. The molecule has 0 aliphatic rings. The van der Waals surface area contributed by atoms with Gasteiger partial charge >= 0.3 is 0 Å². The summed E-state index contributed by atoms with van der Waals surface area (Å²) in [4.78, 5) is 34.4. The van der Waals surface area contributed by atoms with E-state index in [1.54, 1.807) is 18.3 Å². The normalized spacial score (nSPS) is 11.3. The van der Waals surface area contributed by atoms with E-state index >= 15 is 0 Å². The average Bonchev–Trinajstić information content (AvgIpc) is 3.14. The molecule has 2 N–H and O–H groups in total. The van der Waals surface area contributed by atoms with Crippen LogP contribution in [0.5, 0.6) is 0 Å². The third kappa shape index (κ3) is 12.7. The number of amides is 2. The van der Waals surface area contributed by atoms with Crippen molar-refractivity contribution < 1.29 is 9.59 Å². The number of hydrogen-bond donors (Lipinski definition) is 2. The van der Waals surface area contributed by atoms with Crippen LogP contribution in [0.1, 0.15) is 39.8 Å². The minimum Gasteiger partial charge on any atom is -0.310 e. The summed E-state index contributed by atoms with van der Waals surface area (Å²) in [5, 5.41) is 5.87. The number of hydrogen-bond acceptors (Lipinski definition) is 4. The third-order valence-electron chi connectivity index (χ3n) is 7.85. The summed E-state index contributed by atoms with van der Waals surface area (Å²) in [6, 6.07) is 47.2. The van der Waals surface area contributed by atoms with Crippen LogP contribution in [0, 0.1) is 6.92 Å². The van der Waals surface area contributed by atoms with Crippen molar-refractivity contribution in [3.05, 3.63) is 189 Å². The lowest BCUT2D eigenvalue weighted by Crippen LogP contribution is -2.23. The Morgan fingerprint density at radius 3 is 1.39 bits per heavy atom. The molecule has 0 spiro atoms. The first kappa shape index (κ1) is 41.1. The first-order chi connectivity index (χ1) is 23.9. The molecule has 51 heavy (non-hydrogen) atoms. The highest BCUT2D eigenvalue weighted by atomic mass is 79.9. The van der Waals surface area contributed by atoms with E-state index in [4.69, 9.17) is 0 Å². The van der Waals surface area contributed by atoms with Gasteiger partial charge in [-0.25, -0.2) is 9.97 Å². The maximum Gasteiger partial charge on any atom is 0.233 e. The molecule has 0 aliphatic carbocycles. The van der Waals surface area contributed by atoms with Crippen molar-refractivity contribution in [3.63, 3.8) is 0 Å². The molecule has 6 rings (SSSR count). The molecule has 6 aromatic rings. The molecule has 2 atom stereocenters. The number of aromatic nitrogens is 2. The molecule has 6 nitrogen and oxygen atoms in total. The lowest BCUT2D eigenvalue weighted by molar-refractivity contribution is -0.118. The van der Waals surface area contributed by atoms with Gasteiger partial charge in [0.25, 0.3) is 0 Å². The molecule has 2 unspecified atom stereocenters. The number of nitrogens with zero attached hydrogens (tertiary/aromatic N) is 2. The summed E-state index contributed by atoms with van der Waals surface area (Å²) in [5.41, 5.74) is 5.10. The van der Waals surface area contributed by atoms with Crippen molar-refractivity contribution in [1.29, 1.82) is 0 Å². The first-order valence-corrected chi connectivity index (χ1v) is 17.5. The monoisotopic (exact) mass is 846 g/mol. The van der Waals surface area contributed by atoms with E-state index in [9.17, 15) is 9.59 Å². The molecule has 0 radical (unpaired) electrons. The second-order valence-electron chi connectivity index (χ2n) is 11.4. The van der Waals surface area contributed by atoms with Crippen LogP contribution in [-0.2, 0) is 22.4 Å². The number of anilines is 2. The number of carbonyl (C=O) groups is 2. The van der Waals surface area contributed by atoms with Gasteiger partial charge < -0.3 is 10.6 Å². The minimum absolute atomic E-state index is 0. The molecule has 0 saturated carbocycles. The zero-order valence-corrected chi connectivity index (χ0v) is 32.6. The Labute approximate surface area is 328 Å². The van der Waals surface area contributed by atoms with Gasteiger partial charge in [0.05, 0.1) is 17.5 Å². The molecule has 10 heteroatoms. The Morgan fingerprint density at radius 2 is 0.980 bits per heavy atom. The van der Waals surface area contributed by atoms with Gasteiger partial charge in [0.2, 0.25) is 11.8 Å². The third-order valence-corrected chi connectivity index (χ3v) is 9.16. The minimum atomic E-state index is -0.269. The Balaban J connectivity index is 0.000000265. The number of rotatable bonds is 10. The smallest absolute Gasteiger partial charge is 0.233 e. The van der Waals surface area contributed by atoms with Crippen LogP contribution in [0.3, 0.4) is 0 Å². The van der Waals surface area contributed by atoms with Crippen molar-refractivity contribution >= 4 is 80.1 Å². The average molecular weight is 849 g/mol. The van der Waals surface area contributed by atoms with Crippen molar-refractivity contribution in [2.24, 2.45) is 0 Å². The van der Waals surface area contributed by atoms with Gasteiger partial charge in [0, 0.05) is 15.1 Å². The van der Waals surface area contributed by atoms with Crippen LogP contribution in [0.4, 0.5) is 11.6 Å². The largest absolute Gasteiger partial charge is 0.310 e. The van der Waals surface area contributed by atoms with Gasteiger partial charge in [-0.1, -0.05) is 121 Å². The van der Waals surface area contributed by atoms with Crippen LogP contribution in [-0.4, -0.2) is 21.8 Å². The molecule has 2 amide bonds. The van der Waals surface area contributed by atoms with Crippen molar-refractivity contribution in [1.82, 2.24) is 9.97 Å². The molecule has 4 aromatic carbocycles. The van der Waals surface area contributed by atoms with E-state index in [0.717, 1.165) is 36.9 Å². The molecule has 2 aromatic heterocycles. The zero-order valence-electron chi connectivity index (χ0n) is 27.8. The van der Waals surface area contributed by atoms with E-state index in [1.807, 2.05) is 140 Å². The van der Waals surface area contributed by atoms with Crippen LogP contribution in [0.2, 0.25) is 0 Å². The van der Waals surface area contributed by atoms with E-state index in [0.29, 0.717) is 24.5 Å². The number of halogens is 4. The molecular formula is C41H38Br2Cl2N4O2. The highest BCUT2D eigenvalue weighted by Crippen LogP contribution is 2.25. The maximum absolute atomic E-state index is 13.0. The lowest BCUT2D eigenvalue weighted by atomic mass is 9.91. The topological polar surface area (TPSA) is 84.0 Å². The second kappa shape index (κ2) is 21.1. The van der Waals surface area contributed by atoms with Crippen LogP contribution in [0.15, 0.2) is 161 Å². The Bertz CT molecular complexity index is 1940. The Morgan fingerprint density at radius 1 is 0.569 bits per heavy atom. The van der Waals surface area contributed by atoms with Crippen molar-refractivity contribution in [2.75, 3.05) is 10.6 Å². The zero-order chi connectivity index (χ0) is 34.4. The maximum atomic E-state index is 13.0. The molecule has 0 aliphatic heterocycles. The second-order valence-corrected chi connectivity index (χ2v) is 13.2. The van der Waals surface area contributed by atoms with Gasteiger partial charge in [-0.05, 0) is 98.1 Å². The van der Waals surface area contributed by atoms with Crippen LogP contribution >= 0.6 is 56.7 Å². The molecule has 262 valence electrons. The first-order valence-electron chi connectivity index (χ1n) is 15.9. The van der Waals surface area contributed by atoms with Crippen LogP contribution in [0.25, 0.3) is 0 Å². The fourth-order valence-electron chi connectivity index (χ4n) is 5.28. The molecule has 0 bridgehead atoms. The highest BCUT2D eigenvalue weighted by Gasteiger charge is 2.23. The van der Waals surface area contributed by atoms with Gasteiger partial charge in [0.1, 0.15) is 11.6 Å². The van der Waals surface area contributed by atoms with Gasteiger partial charge in [-0.15, -0.1) is 24.8 Å². The van der Waals surface area contributed by atoms with Gasteiger partial charge in [0.15, 0.2) is 0 Å². The number of aryl methyl sites for hydroxylation is 1.